The molecule has 0 heterocycles. The van der Waals surface area contributed by atoms with Crippen molar-refractivity contribution in [2.45, 2.75) is 6.92 Å². The normalized spacial score (nSPS) is 10.8. The summed E-state index contributed by atoms with van der Waals surface area (Å²) in [7, 11) is 1.42. The topological polar surface area (TPSA) is 91.6 Å². The van der Waals surface area contributed by atoms with Gasteiger partial charge in [0.1, 0.15) is 17.4 Å². The van der Waals surface area contributed by atoms with Crippen LogP contribution < -0.4 is 14.8 Å². The second-order valence-electron chi connectivity index (χ2n) is 5.13. The second kappa shape index (κ2) is 8.92. The molecule has 0 saturated heterocycles. The average Bonchev–Trinajstić information content (AvgIpc) is 2.63. The number of hydrogen-bond acceptors (Lipinski definition) is 5. The molecule has 2 N–H and O–H groups in total. The van der Waals surface area contributed by atoms with Crippen molar-refractivity contribution in [1.29, 1.82) is 5.26 Å². The Labute approximate surface area is 159 Å². The lowest BCUT2D eigenvalue weighted by atomic mass is 10.1. The Balaban J connectivity index is 2.25. The van der Waals surface area contributed by atoms with Crippen molar-refractivity contribution >= 4 is 33.6 Å². The minimum atomic E-state index is -0.588. The molecule has 0 fully saturated rings. The summed E-state index contributed by atoms with van der Waals surface area (Å²) in [6.07, 6.45) is 1.30. The molecule has 0 bridgehead atoms. The van der Waals surface area contributed by atoms with Gasteiger partial charge in [0.05, 0.1) is 13.7 Å². The summed E-state index contributed by atoms with van der Waals surface area (Å²) in [5.41, 5.74) is 0.652. The number of aromatic hydroxyl groups is 1. The minimum absolute atomic E-state index is 0.155. The van der Waals surface area contributed by atoms with E-state index in [9.17, 15) is 15.2 Å². The van der Waals surface area contributed by atoms with Gasteiger partial charge in [0.25, 0.3) is 5.91 Å². The Morgan fingerprint density at radius 2 is 2.04 bits per heavy atom. The van der Waals surface area contributed by atoms with Crippen LogP contribution in [-0.2, 0) is 4.79 Å². The van der Waals surface area contributed by atoms with Gasteiger partial charge in [0.2, 0.25) is 0 Å². The number of anilines is 1. The summed E-state index contributed by atoms with van der Waals surface area (Å²) in [5, 5.41) is 22.1. The smallest absolute Gasteiger partial charge is 0.266 e. The molecule has 134 valence electrons. The number of nitrogens with zero attached hydrogens (tertiary/aromatic N) is 1. The van der Waals surface area contributed by atoms with Gasteiger partial charge in [0.15, 0.2) is 11.5 Å². The highest BCUT2D eigenvalue weighted by molar-refractivity contribution is 9.10. The summed E-state index contributed by atoms with van der Waals surface area (Å²) in [6.45, 7) is 2.43. The number of benzene rings is 2. The fraction of sp³-hybridized carbons (Fsp3) is 0.158. The standard InChI is InChI=1S/C19H17BrN2O4/c1-3-26-16-6-4-15(5-7-16)22-19(24)13(11-21)8-12-9-14(20)10-17(25-2)18(12)23/h4-10,23H,3H2,1-2H3,(H,22,24)/b13-8-. The Morgan fingerprint density at radius 3 is 2.62 bits per heavy atom. The average molecular weight is 417 g/mol. The maximum atomic E-state index is 12.4. The van der Waals surface area contributed by atoms with Crippen molar-refractivity contribution in [2.24, 2.45) is 0 Å². The van der Waals surface area contributed by atoms with Crippen LogP contribution in [0.2, 0.25) is 0 Å². The first-order chi connectivity index (χ1) is 12.5. The van der Waals surface area contributed by atoms with Crippen molar-refractivity contribution in [1.82, 2.24) is 0 Å². The Hall–Kier alpha value is -2.98. The van der Waals surface area contributed by atoms with E-state index >= 15 is 0 Å². The predicted molar refractivity (Wildman–Crippen MR) is 102 cm³/mol. The number of amides is 1. The SMILES string of the molecule is CCOc1ccc(NC(=O)/C(C#N)=C\c2cc(Br)cc(OC)c2O)cc1. The maximum Gasteiger partial charge on any atom is 0.266 e. The van der Waals surface area contributed by atoms with Gasteiger partial charge in [0, 0.05) is 15.7 Å². The van der Waals surface area contributed by atoms with Gasteiger partial charge in [-0.2, -0.15) is 5.26 Å². The monoisotopic (exact) mass is 416 g/mol. The summed E-state index contributed by atoms with van der Waals surface area (Å²) >= 11 is 3.29. The lowest BCUT2D eigenvalue weighted by Crippen LogP contribution is -2.13. The molecule has 0 aliphatic heterocycles. The first-order valence-electron chi connectivity index (χ1n) is 7.71. The van der Waals surface area contributed by atoms with Gasteiger partial charge < -0.3 is 19.9 Å². The third-order valence-electron chi connectivity index (χ3n) is 3.38. The van der Waals surface area contributed by atoms with Crippen LogP contribution in [0.15, 0.2) is 46.4 Å². The van der Waals surface area contributed by atoms with E-state index in [1.807, 2.05) is 13.0 Å². The molecule has 6 nitrogen and oxygen atoms in total. The molecule has 0 spiro atoms. The van der Waals surface area contributed by atoms with Gasteiger partial charge in [-0.1, -0.05) is 15.9 Å². The number of ether oxygens (including phenoxy) is 2. The molecule has 0 aliphatic rings. The zero-order valence-corrected chi connectivity index (χ0v) is 15.8. The summed E-state index contributed by atoms with van der Waals surface area (Å²) < 4.78 is 11.0. The molecular weight excluding hydrogens is 400 g/mol. The number of hydrogen-bond donors (Lipinski definition) is 2. The van der Waals surface area contributed by atoms with E-state index in [4.69, 9.17) is 9.47 Å². The van der Waals surface area contributed by atoms with Crippen LogP contribution in [0.5, 0.6) is 17.2 Å². The van der Waals surface area contributed by atoms with E-state index in [0.717, 1.165) is 0 Å². The van der Waals surface area contributed by atoms with Crippen LogP contribution in [0, 0.1) is 11.3 Å². The molecule has 2 aromatic carbocycles. The van der Waals surface area contributed by atoms with E-state index in [-0.39, 0.29) is 22.6 Å². The molecule has 2 rings (SSSR count). The highest BCUT2D eigenvalue weighted by Gasteiger charge is 2.14. The number of rotatable bonds is 6. The number of carbonyl (C=O) groups is 1. The molecule has 0 unspecified atom stereocenters. The highest BCUT2D eigenvalue weighted by atomic mass is 79.9. The van der Waals surface area contributed by atoms with Crippen molar-refractivity contribution < 1.29 is 19.4 Å². The van der Waals surface area contributed by atoms with Crippen LogP contribution in [0.1, 0.15) is 12.5 Å². The van der Waals surface area contributed by atoms with E-state index in [1.165, 1.54) is 13.2 Å². The largest absolute Gasteiger partial charge is 0.504 e. The summed E-state index contributed by atoms with van der Waals surface area (Å²) in [6, 6.07) is 11.8. The molecule has 0 radical (unpaired) electrons. The maximum absolute atomic E-state index is 12.4. The van der Waals surface area contributed by atoms with Crippen molar-refractivity contribution in [2.75, 3.05) is 19.0 Å². The fourth-order valence-electron chi connectivity index (χ4n) is 2.16. The lowest BCUT2D eigenvalue weighted by molar-refractivity contribution is -0.112. The van der Waals surface area contributed by atoms with Crippen LogP contribution in [0.4, 0.5) is 5.69 Å². The fourth-order valence-corrected chi connectivity index (χ4v) is 2.62. The van der Waals surface area contributed by atoms with Gasteiger partial charge in [-0.05, 0) is 49.4 Å². The number of nitrogens with one attached hydrogen (secondary N) is 1. The van der Waals surface area contributed by atoms with E-state index in [0.29, 0.717) is 22.5 Å². The van der Waals surface area contributed by atoms with E-state index in [1.54, 1.807) is 36.4 Å². The molecule has 2 aromatic rings. The molecule has 0 saturated carbocycles. The first kappa shape index (κ1) is 19.3. The molecular formula is C19H17BrN2O4. The quantitative estimate of drug-likeness (QED) is 0.545. The number of phenolic OH excluding ortho intramolecular Hbond substituents is 1. The van der Waals surface area contributed by atoms with E-state index in [2.05, 4.69) is 21.2 Å². The van der Waals surface area contributed by atoms with Crippen LogP contribution in [0.3, 0.4) is 0 Å². The third kappa shape index (κ3) is 4.77. The Bertz CT molecular complexity index is 870. The predicted octanol–water partition coefficient (Wildman–Crippen LogP) is 4.11. The molecule has 1 amide bonds. The second-order valence-corrected chi connectivity index (χ2v) is 6.04. The van der Waals surface area contributed by atoms with Crippen molar-refractivity contribution in [3.63, 3.8) is 0 Å². The zero-order chi connectivity index (χ0) is 19.1. The minimum Gasteiger partial charge on any atom is -0.504 e. The molecule has 7 heteroatoms. The third-order valence-corrected chi connectivity index (χ3v) is 3.84. The van der Waals surface area contributed by atoms with Gasteiger partial charge in [-0.25, -0.2) is 0 Å². The number of nitriles is 1. The number of methoxy groups -OCH3 is 1. The zero-order valence-electron chi connectivity index (χ0n) is 14.2. The number of phenols is 1. The Kier molecular flexibility index (Phi) is 6.64. The number of carbonyl (C=O) groups excluding carboxylic acids is 1. The molecule has 0 aliphatic carbocycles. The summed E-state index contributed by atoms with van der Waals surface area (Å²) in [5.74, 6) is 0.176. The van der Waals surface area contributed by atoms with Crippen molar-refractivity contribution in [3.8, 4) is 23.3 Å². The first-order valence-corrected chi connectivity index (χ1v) is 8.50. The Morgan fingerprint density at radius 1 is 1.35 bits per heavy atom. The molecule has 0 aromatic heterocycles. The molecule has 0 atom stereocenters. The van der Waals surface area contributed by atoms with Crippen LogP contribution >= 0.6 is 15.9 Å². The molecule has 26 heavy (non-hydrogen) atoms. The van der Waals surface area contributed by atoms with E-state index < -0.39 is 5.91 Å². The van der Waals surface area contributed by atoms with Crippen molar-refractivity contribution in [3.05, 3.63) is 52.0 Å². The van der Waals surface area contributed by atoms with Crippen LogP contribution in [-0.4, -0.2) is 24.7 Å². The van der Waals surface area contributed by atoms with Gasteiger partial charge in [-0.15, -0.1) is 0 Å². The summed E-state index contributed by atoms with van der Waals surface area (Å²) in [4.78, 5) is 12.4. The van der Waals surface area contributed by atoms with Gasteiger partial charge in [-0.3, -0.25) is 4.79 Å². The van der Waals surface area contributed by atoms with Crippen LogP contribution in [0.25, 0.3) is 6.08 Å². The van der Waals surface area contributed by atoms with Gasteiger partial charge >= 0.3 is 0 Å². The lowest BCUT2D eigenvalue weighted by Gasteiger charge is -2.09. The highest BCUT2D eigenvalue weighted by Crippen LogP contribution is 2.34. The number of halogens is 1.